The lowest BCUT2D eigenvalue weighted by atomic mass is 9.83. The smallest absolute Gasteiger partial charge is 0.224 e. The molecule has 1 aliphatic rings. The van der Waals surface area contributed by atoms with E-state index in [4.69, 9.17) is 15.2 Å². The number of nitrogens with two attached hydrogens (primary N) is 1. The second-order valence-electron chi connectivity index (χ2n) is 5.01. The van der Waals surface area contributed by atoms with Crippen LogP contribution in [-0.2, 0) is 16.0 Å². The van der Waals surface area contributed by atoms with E-state index in [0.717, 1.165) is 17.7 Å². The first-order valence-electron chi connectivity index (χ1n) is 6.93. The van der Waals surface area contributed by atoms with Crippen LogP contribution in [0.15, 0.2) is 24.3 Å². The molecule has 5 heteroatoms. The number of benzene rings is 1. The van der Waals surface area contributed by atoms with Crippen LogP contribution >= 0.6 is 0 Å². The van der Waals surface area contributed by atoms with E-state index in [9.17, 15) is 4.79 Å². The zero-order valence-electron chi connectivity index (χ0n) is 12.0. The zero-order valence-corrected chi connectivity index (χ0v) is 12.0. The van der Waals surface area contributed by atoms with Gasteiger partial charge in [0, 0.05) is 12.6 Å². The minimum absolute atomic E-state index is 0.0131. The van der Waals surface area contributed by atoms with Crippen LogP contribution in [0.3, 0.4) is 0 Å². The van der Waals surface area contributed by atoms with Crippen LogP contribution in [0.25, 0.3) is 0 Å². The molecule has 3 atom stereocenters. The molecule has 5 nitrogen and oxygen atoms in total. The molecule has 1 fully saturated rings. The lowest BCUT2D eigenvalue weighted by Gasteiger charge is -2.42. The maximum Gasteiger partial charge on any atom is 0.224 e. The Kier molecular flexibility index (Phi) is 4.98. The van der Waals surface area contributed by atoms with Crippen molar-refractivity contribution >= 4 is 5.91 Å². The van der Waals surface area contributed by atoms with Gasteiger partial charge in [-0.25, -0.2) is 0 Å². The minimum atomic E-state index is -0.0759. The van der Waals surface area contributed by atoms with Gasteiger partial charge in [0.2, 0.25) is 5.91 Å². The molecule has 0 aliphatic heterocycles. The number of carbonyl (C=O) groups excluding carboxylic acids is 1. The largest absolute Gasteiger partial charge is 0.497 e. The Hall–Kier alpha value is -1.59. The van der Waals surface area contributed by atoms with Crippen molar-refractivity contribution in [2.45, 2.75) is 38.0 Å². The fourth-order valence-corrected chi connectivity index (χ4v) is 2.43. The van der Waals surface area contributed by atoms with Gasteiger partial charge in [-0.15, -0.1) is 0 Å². The highest BCUT2D eigenvalue weighted by molar-refractivity contribution is 5.79. The van der Waals surface area contributed by atoms with E-state index >= 15 is 0 Å². The van der Waals surface area contributed by atoms with E-state index in [1.54, 1.807) is 7.11 Å². The Labute approximate surface area is 119 Å². The summed E-state index contributed by atoms with van der Waals surface area (Å²) in [7, 11) is 1.61. The molecule has 0 radical (unpaired) electrons. The van der Waals surface area contributed by atoms with Gasteiger partial charge in [-0.05, 0) is 31.0 Å². The first-order chi connectivity index (χ1) is 9.63. The van der Waals surface area contributed by atoms with Crippen LogP contribution in [0.5, 0.6) is 5.75 Å². The zero-order chi connectivity index (χ0) is 14.5. The summed E-state index contributed by atoms with van der Waals surface area (Å²) in [5.74, 6) is 0.714. The molecule has 3 N–H and O–H groups in total. The Balaban J connectivity index is 1.88. The molecular formula is C15H22N2O3. The number of nitrogens with one attached hydrogen (secondary N) is 1. The summed E-state index contributed by atoms with van der Waals surface area (Å²) < 4.78 is 10.7. The highest BCUT2D eigenvalue weighted by atomic mass is 16.5. The molecule has 3 unspecified atom stereocenters. The van der Waals surface area contributed by atoms with Gasteiger partial charge in [-0.3, -0.25) is 4.79 Å². The Morgan fingerprint density at radius 3 is 2.95 bits per heavy atom. The Morgan fingerprint density at radius 1 is 1.50 bits per heavy atom. The van der Waals surface area contributed by atoms with Gasteiger partial charge in [0.25, 0.3) is 0 Å². The fraction of sp³-hybridized carbons (Fsp3) is 0.533. The van der Waals surface area contributed by atoms with E-state index in [0.29, 0.717) is 13.0 Å². The third-order valence-electron chi connectivity index (χ3n) is 3.57. The second-order valence-corrected chi connectivity index (χ2v) is 5.01. The molecule has 1 amide bonds. The van der Waals surface area contributed by atoms with Crippen molar-refractivity contribution in [2.24, 2.45) is 5.73 Å². The van der Waals surface area contributed by atoms with E-state index in [2.05, 4.69) is 5.32 Å². The van der Waals surface area contributed by atoms with Crippen molar-refractivity contribution in [1.29, 1.82) is 0 Å². The van der Waals surface area contributed by atoms with Crippen molar-refractivity contribution < 1.29 is 14.3 Å². The van der Waals surface area contributed by atoms with Crippen LogP contribution in [0.4, 0.5) is 0 Å². The van der Waals surface area contributed by atoms with Crippen molar-refractivity contribution in [2.75, 3.05) is 13.7 Å². The molecule has 110 valence electrons. The average Bonchev–Trinajstić information content (AvgIpc) is 2.45. The Bertz CT molecular complexity index is 462. The monoisotopic (exact) mass is 278 g/mol. The molecule has 0 bridgehead atoms. The van der Waals surface area contributed by atoms with E-state index in [1.165, 1.54) is 0 Å². The molecule has 20 heavy (non-hydrogen) atoms. The second kappa shape index (κ2) is 6.72. The maximum atomic E-state index is 12.0. The van der Waals surface area contributed by atoms with Crippen LogP contribution in [0.2, 0.25) is 0 Å². The first kappa shape index (κ1) is 14.8. The molecule has 0 spiro atoms. The maximum absolute atomic E-state index is 12.0. The van der Waals surface area contributed by atoms with Crippen molar-refractivity contribution in [3.8, 4) is 5.75 Å². The van der Waals surface area contributed by atoms with Gasteiger partial charge in [-0.1, -0.05) is 12.1 Å². The van der Waals surface area contributed by atoms with Crippen LogP contribution in [0, 0.1) is 0 Å². The lowest BCUT2D eigenvalue weighted by molar-refractivity contribution is -0.125. The number of methoxy groups -OCH3 is 1. The topological polar surface area (TPSA) is 73.6 Å². The molecule has 2 rings (SSSR count). The summed E-state index contributed by atoms with van der Waals surface area (Å²) in [5.41, 5.74) is 6.84. The molecular weight excluding hydrogens is 256 g/mol. The number of amides is 1. The lowest BCUT2D eigenvalue weighted by Crippen LogP contribution is -2.64. The number of carbonyl (C=O) groups is 1. The summed E-state index contributed by atoms with van der Waals surface area (Å²) in [6, 6.07) is 7.41. The molecule has 0 saturated heterocycles. The normalized spacial score (nSPS) is 24.9. The van der Waals surface area contributed by atoms with Gasteiger partial charge in [-0.2, -0.15) is 0 Å². The third-order valence-corrected chi connectivity index (χ3v) is 3.57. The Morgan fingerprint density at radius 2 is 2.30 bits per heavy atom. The van der Waals surface area contributed by atoms with E-state index in [-0.39, 0.29) is 24.1 Å². The summed E-state index contributed by atoms with van der Waals surface area (Å²) >= 11 is 0. The predicted molar refractivity (Wildman–Crippen MR) is 76.6 cm³/mol. The van der Waals surface area contributed by atoms with Crippen molar-refractivity contribution in [1.82, 2.24) is 5.32 Å². The van der Waals surface area contributed by atoms with E-state index < -0.39 is 0 Å². The van der Waals surface area contributed by atoms with Crippen molar-refractivity contribution in [3.63, 3.8) is 0 Å². The van der Waals surface area contributed by atoms with Crippen molar-refractivity contribution in [3.05, 3.63) is 29.8 Å². The quantitative estimate of drug-likeness (QED) is 0.809. The van der Waals surface area contributed by atoms with Crippen LogP contribution in [0.1, 0.15) is 18.9 Å². The molecule has 1 aromatic rings. The number of rotatable bonds is 6. The number of hydrogen-bond acceptors (Lipinski definition) is 4. The number of hydrogen-bond donors (Lipinski definition) is 2. The molecule has 1 aromatic carbocycles. The summed E-state index contributed by atoms with van der Waals surface area (Å²) in [4.78, 5) is 12.0. The van der Waals surface area contributed by atoms with Crippen LogP contribution in [-0.4, -0.2) is 37.8 Å². The van der Waals surface area contributed by atoms with Gasteiger partial charge < -0.3 is 20.5 Å². The first-order valence-corrected chi connectivity index (χ1v) is 6.93. The minimum Gasteiger partial charge on any atom is -0.497 e. The van der Waals surface area contributed by atoms with E-state index in [1.807, 2.05) is 31.2 Å². The molecule has 1 aliphatic carbocycles. The highest BCUT2D eigenvalue weighted by Gasteiger charge is 2.40. The van der Waals surface area contributed by atoms with Gasteiger partial charge in [0.15, 0.2) is 0 Å². The summed E-state index contributed by atoms with van der Waals surface area (Å²) in [6.45, 7) is 2.58. The number of ether oxygens (including phenoxy) is 2. The molecule has 0 aromatic heterocycles. The van der Waals surface area contributed by atoms with Gasteiger partial charge in [0.1, 0.15) is 5.75 Å². The third kappa shape index (κ3) is 3.49. The molecule has 0 heterocycles. The van der Waals surface area contributed by atoms with Gasteiger partial charge in [0.05, 0.1) is 25.7 Å². The SMILES string of the molecule is CCOC1CC(N)C1NC(=O)Cc1cccc(OC)c1. The summed E-state index contributed by atoms with van der Waals surface area (Å²) in [6.07, 6.45) is 1.17. The highest BCUT2D eigenvalue weighted by Crippen LogP contribution is 2.22. The predicted octanol–water partition coefficient (Wildman–Crippen LogP) is 0.859. The van der Waals surface area contributed by atoms with Gasteiger partial charge >= 0.3 is 0 Å². The standard InChI is InChI=1S/C15H22N2O3/c1-3-20-13-9-12(16)15(13)17-14(18)8-10-5-4-6-11(7-10)19-2/h4-7,12-13,15H,3,8-9,16H2,1-2H3,(H,17,18). The average molecular weight is 278 g/mol. The molecule has 1 saturated carbocycles. The van der Waals surface area contributed by atoms with Crippen LogP contribution < -0.4 is 15.8 Å². The fourth-order valence-electron chi connectivity index (χ4n) is 2.43. The summed E-state index contributed by atoms with van der Waals surface area (Å²) in [5, 5.41) is 2.96.